The molecule has 2 fully saturated rings. The van der Waals surface area contributed by atoms with Gasteiger partial charge in [-0.3, -0.25) is 0 Å². The highest BCUT2D eigenvalue weighted by Crippen LogP contribution is 2.30. The first-order valence-corrected chi connectivity index (χ1v) is 4.52. The van der Waals surface area contributed by atoms with Crippen LogP contribution in [0.15, 0.2) is 0 Å². The number of methoxy groups -OCH3 is 1. The van der Waals surface area contributed by atoms with Gasteiger partial charge in [-0.25, -0.2) is 4.79 Å². The van der Waals surface area contributed by atoms with Gasteiger partial charge in [-0.15, -0.1) is 0 Å². The Labute approximate surface area is 85.5 Å². The van der Waals surface area contributed by atoms with Gasteiger partial charge in [-0.2, -0.15) is 0 Å². The summed E-state index contributed by atoms with van der Waals surface area (Å²) >= 11 is 0. The number of aliphatic hydroxyl groups excluding tert-OH is 2. The zero-order valence-corrected chi connectivity index (χ0v) is 8.03. The van der Waals surface area contributed by atoms with E-state index in [2.05, 4.69) is 0 Å². The topological polar surface area (TPSA) is 94.5 Å². The highest BCUT2D eigenvalue weighted by Gasteiger charge is 2.53. The summed E-state index contributed by atoms with van der Waals surface area (Å²) in [5.74, 6) is 0. The maximum atomic E-state index is 10.9. The van der Waals surface area contributed by atoms with E-state index < -0.39 is 36.9 Å². The average Bonchev–Trinajstić information content (AvgIpc) is 2.61. The Morgan fingerprint density at radius 2 is 2.07 bits per heavy atom. The van der Waals surface area contributed by atoms with Crippen molar-refractivity contribution in [1.82, 2.24) is 0 Å². The Balaban J connectivity index is 2.16. The van der Waals surface area contributed by atoms with E-state index in [1.165, 1.54) is 7.11 Å². The molecular weight excluding hydrogens is 208 g/mol. The summed E-state index contributed by atoms with van der Waals surface area (Å²) in [6, 6.07) is 0. The van der Waals surface area contributed by atoms with Crippen LogP contribution in [0.1, 0.15) is 0 Å². The molecule has 0 amide bonds. The number of hydrogen-bond acceptors (Lipinski definition) is 7. The number of carbonyl (C=O) groups is 1. The van der Waals surface area contributed by atoms with E-state index in [1.807, 2.05) is 0 Å². The summed E-state index contributed by atoms with van der Waals surface area (Å²) in [7, 11) is 1.38. The van der Waals surface area contributed by atoms with E-state index in [0.717, 1.165) is 0 Å². The minimum Gasteiger partial charge on any atom is -0.424 e. The molecule has 2 rings (SSSR count). The van der Waals surface area contributed by atoms with E-state index in [1.54, 1.807) is 0 Å². The third-order valence-electron chi connectivity index (χ3n) is 2.50. The molecule has 0 saturated carbocycles. The van der Waals surface area contributed by atoms with Crippen LogP contribution >= 0.6 is 0 Å². The Kier molecular flexibility index (Phi) is 2.79. The molecule has 7 nitrogen and oxygen atoms in total. The number of hydrogen-bond donors (Lipinski definition) is 2. The van der Waals surface area contributed by atoms with Crippen molar-refractivity contribution in [2.24, 2.45) is 0 Å². The highest BCUT2D eigenvalue weighted by atomic mass is 16.8. The maximum absolute atomic E-state index is 10.9. The third kappa shape index (κ3) is 1.67. The molecule has 0 unspecified atom stereocenters. The van der Waals surface area contributed by atoms with Crippen molar-refractivity contribution in [3.8, 4) is 0 Å². The minimum atomic E-state index is -1.11. The molecule has 0 bridgehead atoms. The molecule has 0 aliphatic carbocycles. The lowest BCUT2D eigenvalue weighted by Crippen LogP contribution is -2.57. The summed E-state index contributed by atoms with van der Waals surface area (Å²) in [4.78, 5) is 10.9. The number of aliphatic hydroxyl groups is 2. The molecule has 5 atom stereocenters. The van der Waals surface area contributed by atoms with Crippen molar-refractivity contribution in [3.63, 3.8) is 0 Å². The largest absolute Gasteiger partial charge is 0.509 e. The van der Waals surface area contributed by atoms with E-state index in [4.69, 9.17) is 24.1 Å². The molecule has 0 aromatic carbocycles. The van der Waals surface area contributed by atoms with Crippen LogP contribution in [0.2, 0.25) is 0 Å². The molecule has 15 heavy (non-hydrogen) atoms. The number of carbonyl (C=O) groups excluding carboxylic acids is 1. The molecule has 0 radical (unpaired) electrons. The summed E-state index contributed by atoms with van der Waals surface area (Å²) in [5, 5.41) is 18.6. The van der Waals surface area contributed by atoms with Crippen LogP contribution in [0.4, 0.5) is 4.79 Å². The highest BCUT2D eigenvalue weighted by molar-refractivity contribution is 5.62. The molecule has 2 aliphatic rings. The van der Waals surface area contributed by atoms with Crippen LogP contribution in [-0.4, -0.2) is 60.8 Å². The molecular formula is C8H12O7. The molecule has 0 aromatic rings. The van der Waals surface area contributed by atoms with Crippen molar-refractivity contribution in [3.05, 3.63) is 0 Å². The van der Waals surface area contributed by atoms with Gasteiger partial charge in [0.25, 0.3) is 0 Å². The van der Waals surface area contributed by atoms with E-state index in [-0.39, 0.29) is 6.61 Å². The molecule has 0 spiro atoms. The monoisotopic (exact) mass is 220 g/mol. The standard InChI is InChI=1S/C8H12O7/c1-12-7-6-5(14-8(11)15-6)4(10)3(2-9)13-7/h3-7,9-10H,2H2,1H3/t3-,4-,5+,6-,7+/m1/s1. The van der Waals surface area contributed by atoms with Gasteiger partial charge >= 0.3 is 6.16 Å². The Morgan fingerprint density at radius 3 is 2.67 bits per heavy atom. The molecule has 2 N–H and O–H groups in total. The second kappa shape index (κ2) is 3.93. The van der Waals surface area contributed by atoms with Crippen LogP contribution < -0.4 is 0 Å². The summed E-state index contributed by atoms with van der Waals surface area (Å²) < 4.78 is 19.7. The predicted molar refractivity (Wildman–Crippen MR) is 43.9 cm³/mol. The van der Waals surface area contributed by atoms with Crippen LogP contribution in [0.5, 0.6) is 0 Å². The van der Waals surface area contributed by atoms with Gasteiger partial charge in [-0.05, 0) is 0 Å². The number of rotatable bonds is 2. The number of fused-ring (bicyclic) bond motifs is 1. The molecule has 86 valence electrons. The van der Waals surface area contributed by atoms with Crippen molar-refractivity contribution in [2.75, 3.05) is 13.7 Å². The lowest BCUT2D eigenvalue weighted by molar-refractivity contribution is -0.270. The van der Waals surface area contributed by atoms with Gasteiger partial charge in [-0.1, -0.05) is 0 Å². The first kappa shape index (κ1) is 10.6. The van der Waals surface area contributed by atoms with Gasteiger partial charge in [0.15, 0.2) is 18.5 Å². The normalized spacial score (nSPS) is 44.5. The van der Waals surface area contributed by atoms with Crippen LogP contribution in [0.3, 0.4) is 0 Å². The van der Waals surface area contributed by atoms with Crippen molar-refractivity contribution in [1.29, 1.82) is 0 Å². The SMILES string of the molecule is CO[C@H]1O[C@H](CO)[C@@H](O)[C@@H]2OC(=O)O[C@@H]12. The fraction of sp³-hybridized carbons (Fsp3) is 0.875. The summed E-state index contributed by atoms with van der Waals surface area (Å²) in [5.41, 5.74) is 0. The Bertz CT molecular complexity index is 255. The van der Waals surface area contributed by atoms with E-state index in [9.17, 15) is 9.90 Å². The molecule has 2 aliphatic heterocycles. The summed E-state index contributed by atoms with van der Waals surface area (Å²) in [6.07, 6.45) is -5.30. The second-order valence-electron chi connectivity index (χ2n) is 3.37. The average molecular weight is 220 g/mol. The lowest BCUT2D eigenvalue weighted by Gasteiger charge is -2.37. The van der Waals surface area contributed by atoms with Crippen LogP contribution in [0.25, 0.3) is 0 Å². The smallest absolute Gasteiger partial charge is 0.424 e. The number of ether oxygens (including phenoxy) is 4. The third-order valence-corrected chi connectivity index (χ3v) is 2.50. The molecule has 0 aromatic heterocycles. The molecule has 2 saturated heterocycles. The lowest BCUT2D eigenvalue weighted by atomic mass is 9.99. The van der Waals surface area contributed by atoms with Crippen molar-refractivity contribution >= 4 is 6.16 Å². The van der Waals surface area contributed by atoms with Crippen molar-refractivity contribution < 1.29 is 34.0 Å². The minimum absolute atomic E-state index is 0.387. The van der Waals surface area contributed by atoms with Gasteiger partial charge in [0, 0.05) is 7.11 Å². The maximum Gasteiger partial charge on any atom is 0.509 e. The van der Waals surface area contributed by atoms with E-state index in [0.29, 0.717) is 0 Å². The van der Waals surface area contributed by atoms with Gasteiger partial charge in [0.2, 0.25) is 0 Å². The first-order valence-electron chi connectivity index (χ1n) is 4.52. The van der Waals surface area contributed by atoms with Crippen LogP contribution in [0, 0.1) is 0 Å². The second-order valence-corrected chi connectivity index (χ2v) is 3.37. The van der Waals surface area contributed by atoms with E-state index >= 15 is 0 Å². The van der Waals surface area contributed by atoms with Gasteiger partial charge in [0.05, 0.1) is 6.61 Å². The molecule has 7 heteroatoms. The molecule has 2 heterocycles. The predicted octanol–water partition coefficient (Wildman–Crippen LogP) is -1.39. The van der Waals surface area contributed by atoms with Crippen molar-refractivity contribution in [2.45, 2.75) is 30.7 Å². The fourth-order valence-corrected chi connectivity index (χ4v) is 1.74. The fourth-order valence-electron chi connectivity index (χ4n) is 1.74. The first-order chi connectivity index (χ1) is 7.17. The zero-order chi connectivity index (χ0) is 11.0. The van der Waals surface area contributed by atoms with Gasteiger partial charge in [0.1, 0.15) is 12.2 Å². The van der Waals surface area contributed by atoms with Crippen LogP contribution in [-0.2, 0) is 18.9 Å². The Hall–Kier alpha value is -0.890. The zero-order valence-electron chi connectivity index (χ0n) is 8.03. The quantitative estimate of drug-likeness (QED) is 0.553. The Morgan fingerprint density at radius 1 is 1.40 bits per heavy atom. The van der Waals surface area contributed by atoms with Gasteiger partial charge < -0.3 is 29.2 Å². The summed E-state index contributed by atoms with van der Waals surface area (Å²) in [6.45, 7) is -0.387.